The van der Waals surface area contributed by atoms with Crippen LogP contribution in [0.2, 0.25) is 0 Å². The molecular weight excluding hydrogens is 204 g/mol. The number of hydrogen-bond acceptors (Lipinski definition) is 0. The molecule has 0 heterocycles. The topological polar surface area (TPSA) is 0 Å². The van der Waals surface area contributed by atoms with Crippen molar-refractivity contribution in [1.82, 2.24) is 0 Å². The van der Waals surface area contributed by atoms with E-state index in [1.165, 1.54) is 16.7 Å². The first-order chi connectivity index (χ1) is 8.27. The predicted octanol–water partition coefficient (Wildman–Crippen LogP) is 5.24. The summed E-state index contributed by atoms with van der Waals surface area (Å²) >= 11 is 0. The van der Waals surface area contributed by atoms with E-state index in [0.29, 0.717) is 0 Å². The number of benzene rings is 2. The van der Waals surface area contributed by atoms with Crippen LogP contribution in [-0.2, 0) is 0 Å². The lowest BCUT2D eigenvalue weighted by molar-refractivity contribution is 1.47. The highest BCUT2D eigenvalue weighted by molar-refractivity contribution is 5.63. The lowest BCUT2D eigenvalue weighted by Crippen LogP contribution is -1.77. The Morgan fingerprint density at radius 3 is 1.82 bits per heavy atom. The summed E-state index contributed by atoms with van der Waals surface area (Å²) in [5, 5.41) is 0. The molecule has 2 rings (SSSR count). The molecule has 0 N–H and O–H groups in total. The molecule has 0 aliphatic rings. The second-order valence-corrected chi connectivity index (χ2v) is 3.90. The maximum absolute atomic E-state index is 2.20. The van der Waals surface area contributed by atoms with Crippen molar-refractivity contribution in [3.63, 3.8) is 0 Å². The van der Waals surface area contributed by atoms with Crippen LogP contribution in [0.4, 0.5) is 0 Å². The second kappa shape index (κ2) is 7.45. The van der Waals surface area contributed by atoms with Gasteiger partial charge in [0.2, 0.25) is 0 Å². The number of hydrogen-bond donors (Lipinski definition) is 0. The minimum atomic E-state index is 1.28. The van der Waals surface area contributed by atoms with E-state index >= 15 is 0 Å². The van der Waals surface area contributed by atoms with Crippen LogP contribution in [0.15, 0.2) is 66.7 Å². The van der Waals surface area contributed by atoms with Gasteiger partial charge < -0.3 is 0 Å². The van der Waals surface area contributed by atoms with Crippen LogP contribution in [-0.4, -0.2) is 0 Å². The largest absolute Gasteiger partial charge is 0.0919 e. The molecule has 0 aliphatic heterocycles. The Bertz CT molecular complexity index is 448. The molecule has 0 nitrogen and oxygen atoms in total. The standard InChI is InChI=1S/C13H12.C4H8/c1-11-6-5-9-13(10-11)12-7-3-2-4-8-12;1-3-4-2/h2-10H,1H3;3-4H,1-2H3/b;4-3-. The van der Waals surface area contributed by atoms with E-state index in [1.54, 1.807) is 0 Å². The molecule has 0 radical (unpaired) electrons. The van der Waals surface area contributed by atoms with Gasteiger partial charge in [0, 0.05) is 0 Å². The van der Waals surface area contributed by atoms with Gasteiger partial charge in [0.1, 0.15) is 0 Å². The van der Waals surface area contributed by atoms with Crippen molar-refractivity contribution in [3.8, 4) is 11.1 Å². The van der Waals surface area contributed by atoms with Crippen molar-refractivity contribution in [3.05, 3.63) is 72.3 Å². The van der Waals surface area contributed by atoms with E-state index in [2.05, 4.69) is 55.5 Å². The zero-order valence-electron chi connectivity index (χ0n) is 10.9. The zero-order valence-corrected chi connectivity index (χ0v) is 10.9. The van der Waals surface area contributed by atoms with Crippen LogP contribution in [0.5, 0.6) is 0 Å². The molecule has 0 amide bonds. The first-order valence-electron chi connectivity index (χ1n) is 5.97. The van der Waals surface area contributed by atoms with Gasteiger partial charge in [-0.15, -0.1) is 0 Å². The highest BCUT2D eigenvalue weighted by Gasteiger charge is 1.94. The molecule has 0 aromatic heterocycles. The first-order valence-corrected chi connectivity index (χ1v) is 5.97. The molecule has 2 aromatic rings. The monoisotopic (exact) mass is 224 g/mol. The molecule has 2 aromatic carbocycles. The van der Waals surface area contributed by atoms with Crippen LogP contribution in [0.25, 0.3) is 11.1 Å². The van der Waals surface area contributed by atoms with Gasteiger partial charge in [0.25, 0.3) is 0 Å². The van der Waals surface area contributed by atoms with Crippen LogP contribution in [0.3, 0.4) is 0 Å². The summed E-state index contributed by atoms with van der Waals surface area (Å²) in [5.41, 5.74) is 3.88. The summed E-state index contributed by atoms with van der Waals surface area (Å²) in [6, 6.07) is 19.0. The minimum Gasteiger partial charge on any atom is -0.0919 e. The van der Waals surface area contributed by atoms with E-state index in [4.69, 9.17) is 0 Å². The highest BCUT2D eigenvalue weighted by atomic mass is 14.0. The van der Waals surface area contributed by atoms with Gasteiger partial charge in [0.15, 0.2) is 0 Å². The molecule has 0 unspecified atom stereocenters. The molecule has 0 fully saturated rings. The van der Waals surface area contributed by atoms with Gasteiger partial charge in [-0.3, -0.25) is 0 Å². The summed E-state index contributed by atoms with van der Waals surface area (Å²) in [6.07, 6.45) is 4.00. The van der Waals surface area contributed by atoms with Crippen LogP contribution >= 0.6 is 0 Å². The Morgan fingerprint density at radius 1 is 0.706 bits per heavy atom. The summed E-state index contributed by atoms with van der Waals surface area (Å²) in [7, 11) is 0. The fraction of sp³-hybridized carbons (Fsp3) is 0.176. The normalized spacial score (nSPS) is 9.82. The summed E-state index contributed by atoms with van der Waals surface area (Å²) < 4.78 is 0. The average molecular weight is 224 g/mol. The van der Waals surface area contributed by atoms with E-state index < -0.39 is 0 Å². The highest BCUT2D eigenvalue weighted by Crippen LogP contribution is 2.19. The summed E-state index contributed by atoms with van der Waals surface area (Å²) in [6.45, 7) is 6.12. The van der Waals surface area contributed by atoms with Gasteiger partial charge in [-0.1, -0.05) is 72.3 Å². The molecule has 0 bridgehead atoms. The van der Waals surface area contributed by atoms with Crippen molar-refractivity contribution in [2.45, 2.75) is 20.8 Å². The Balaban J connectivity index is 0.000000317. The van der Waals surface area contributed by atoms with Gasteiger partial charge in [-0.25, -0.2) is 0 Å². The first kappa shape index (κ1) is 13.2. The maximum atomic E-state index is 2.20. The van der Waals surface area contributed by atoms with E-state index in [0.717, 1.165) is 0 Å². The fourth-order valence-corrected chi connectivity index (χ4v) is 1.46. The van der Waals surface area contributed by atoms with Gasteiger partial charge >= 0.3 is 0 Å². The molecule has 17 heavy (non-hydrogen) atoms. The number of aryl methyl sites for hydroxylation is 1. The Labute approximate surface area is 105 Å². The number of allylic oxidation sites excluding steroid dienone is 2. The van der Waals surface area contributed by atoms with Crippen LogP contribution < -0.4 is 0 Å². The summed E-state index contributed by atoms with van der Waals surface area (Å²) in [4.78, 5) is 0. The summed E-state index contributed by atoms with van der Waals surface area (Å²) in [5.74, 6) is 0. The van der Waals surface area contributed by atoms with Crippen molar-refractivity contribution < 1.29 is 0 Å². The average Bonchev–Trinajstić information content (AvgIpc) is 2.40. The van der Waals surface area contributed by atoms with Gasteiger partial charge in [0.05, 0.1) is 0 Å². The van der Waals surface area contributed by atoms with Gasteiger partial charge in [-0.05, 0) is 31.9 Å². The lowest BCUT2D eigenvalue weighted by Gasteiger charge is -2.01. The maximum Gasteiger partial charge on any atom is -0.0181 e. The molecule has 88 valence electrons. The molecule has 0 atom stereocenters. The Kier molecular flexibility index (Phi) is 5.81. The Hall–Kier alpha value is -1.82. The predicted molar refractivity (Wildman–Crippen MR) is 77.1 cm³/mol. The SMILES string of the molecule is C/C=C\C.Cc1cccc(-c2ccccc2)c1. The second-order valence-electron chi connectivity index (χ2n) is 3.90. The Morgan fingerprint density at radius 2 is 1.29 bits per heavy atom. The molecule has 0 saturated carbocycles. The zero-order chi connectivity index (χ0) is 12.5. The third kappa shape index (κ3) is 4.69. The van der Waals surface area contributed by atoms with Crippen molar-refractivity contribution >= 4 is 0 Å². The smallest absolute Gasteiger partial charge is 0.0181 e. The molecule has 0 heteroatoms. The van der Waals surface area contributed by atoms with Gasteiger partial charge in [-0.2, -0.15) is 0 Å². The molecular formula is C17H20. The third-order valence-electron chi connectivity index (χ3n) is 2.46. The quantitative estimate of drug-likeness (QED) is 0.581. The minimum absolute atomic E-state index is 1.28. The molecule has 0 aliphatic carbocycles. The van der Waals surface area contributed by atoms with Crippen molar-refractivity contribution in [2.24, 2.45) is 0 Å². The van der Waals surface area contributed by atoms with E-state index in [1.807, 2.05) is 32.1 Å². The van der Waals surface area contributed by atoms with Crippen LogP contribution in [0, 0.1) is 6.92 Å². The number of rotatable bonds is 1. The van der Waals surface area contributed by atoms with Crippen molar-refractivity contribution in [1.29, 1.82) is 0 Å². The lowest BCUT2D eigenvalue weighted by atomic mass is 10.0. The molecule has 0 spiro atoms. The molecule has 0 saturated heterocycles. The van der Waals surface area contributed by atoms with E-state index in [-0.39, 0.29) is 0 Å². The van der Waals surface area contributed by atoms with Crippen LogP contribution in [0.1, 0.15) is 19.4 Å². The third-order valence-corrected chi connectivity index (χ3v) is 2.46. The van der Waals surface area contributed by atoms with Crippen molar-refractivity contribution in [2.75, 3.05) is 0 Å². The fourth-order valence-electron chi connectivity index (χ4n) is 1.46. The van der Waals surface area contributed by atoms with E-state index in [9.17, 15) is 0 Å².